The SMILES string of the molecule is O=C(COC(=O)c1ccccc1-c1nc2ccccc2s1)NN1C(=O)NC2(CCCCC2)C1=O. The number of nitrogens with zero attached hydrogens (tertiary/aromatic N) is 2. The van der Waals surface area contributed by atoms with E-state index in [9.17, 15) is 19.2 Å². The molecule has 5 rings (SSSR count). The van der Waals surface area contributed by atoms with Crippen molar-refractivity contribution in [2.24, 2.45) is 0 Å². The van der Waals surface area contributed by atoms with E-state index in [4.69, 9.17) is 4.74 Å². The normalized spacial score (nSPS) is 17.1. The van der Waals surface area contributed by atoms with Gasteiger partial charge >= 0.3 is 12.0 Å². The highest BCUT2D eigenvalue weighted by Gasteiger charge is 2.52. The largest absolute Gasteiger partial charge is 0.452 e. The van der Waals surface area contributed by atoms with Crippen molar-refractivity contribution in [3.05, 3.63) is 54.1 Å². The number of fused-ring (bicyclic) bond motifs is 1. The fourth-order valence-corrected chi connectivity index (χ4v) is 5.42. The first kappa shape index (κ1) is 22.0. The topological polar surface area (TPSA) is 118 Å². The lowest BCUT2D eigenvalue weighted by Gasteiger charge is -2.30. The van der Waals surface area contributed by atoms with Crippen molar-refractivity contribution in [1.29, 1.82) is 0 Å². The standard InChI is InChI=1S/C24H22N4O5S/c29-19(27-28-22(31)24(26-23(28)32)12-6-1-7-13-24)14-33-21(30)16-9-3-2-8-15(16)20-25-17-10-4-5-11-18(17)34-20/h2-5,8-11H,1,6-7,12-14H2,(H,26,32)(H,27,29). The molecule has 0 bridgehead atoms. The summed E-state index contributed by atoms with van der Waals surface area (Å²) in [5, 5.41) is 4.06. The molecule has 9 nitrogen and oxygen atoms in total. The lowest BCUT2D eigenvalue weighted by molar-refractivity contribution is -0.140. The molecular weight excluding hydrogens is 456 g/mol. The number of hydrazine groups is 1. The van der Waals surface area contributed by atoms with E-state index in [1.807, 2.05) is 24.3 Å². The molecule has 4 amide bonds. The number of nitrogens with one attached hydrogen (secondary N) is 2. The van der Waals surface area contributed by atoms with E-state index in [0.29, 0.717) is 28.4 Å². The van der Waals surface area contributed by atoms with Gasteiger partial charge in [-0.3, -0.25) is 15.0 Å². The number of thiazole rings is 1. The summed E-state index contributed by atoms with van der Waals surface area (Å²) < 4.78 is 6.19. The summed E-state index contributed by atoms with van der Waals surface area (Å²) in [5.41, 5.74) is 3.01. The first-order chi connectivity index (χ1) is 16.5. The molecular formula is C24H22N4O5S. The zero-order valence-corrected chi connectivity index (χ0v) is 19.0. The molecule has 1 saturated heterocycles. The third-order valence-corrected chi connectivity index (χ3v) is 7.18. The van der Waals surface area contributed by atoms with Crippen LogP contribution < -0.4 is 10.7 Å². The highest BCUT2D eigenvalue weighted by molar-refractivity contribution is 7.21. The van der Waals surface area contributed by atoms with Gasteiger partial charge in [0.2, 0.25) is 0 Å². The molecule has 1 saturated carbocycles. The van der Waals surface area contributed by atoms with Gasteiger partial charge in [-0.05, 0) is 31.0 Å². The number of ether oxygens (including phenoxy) is 1. The van der Waals surface area contributed by atoms with Crippen LogP contribution in [0.25, 0.3) is 20.8 Å². The van der Waals surface area contributed by atoms with E-state index in [-0.39, 0.29) is 5.56 Å². The van der Waals surface area contributed by atoms with Crippen LogP contribution in [0.5, 0.6) is 0 Å². The van der Waals surface area contributed by atoms with Crippen molar-refractivity contribution < 1.29 is 23.9 Å². The van der Waals surface area contributed by atoms with Gasteiger partial charge in [0.25, 0.3) is 11.8 Å². The summed E-state index contributed by atoms with van der Waals surface area (Å²) in [6, 6.07) is 13.9. The summed E-state index contributed by atoms with van der Waals surface area (Å²) in [4.78, 5) is 54.8. The van der Waals surface area contributed by atoms with Crippen molar-refractivity contribution in [3.8, 4) is 10.6 Å². The van der Waals surface area contributed by atoms with Crippen LogP contribution in [0.2, 0.25) is 0 Å². The Kier molecular flexibility index (Phi) is 5.74. The molecule has 2 fully saturated rings. The molecule has 1 spiro atoms. The van der Waals surface area contributed by atoms with Gasteiger partial charge in [-0.1, -0.05) is 49.6 Å². The number of amides is 4. The van der Waals surface area contributed by atoms with E-state index in [2.05, 4.69) is 15.7 Å². The van der Waals surface area contributed by atoms with Crippen molar-refractivity contribution in [2.75, 3.05) is 6.61 Å². The third-order valence-electron chi connectivity index (χ3n) is 6.11. The molecule has 2 aliphatic rings. The van der Waals surface area contributed by atoms with Crippen LogP contribution in [0.15, 0.2) is 48.5 Å². The maximum atomic E-state index is 12.8. The number of carbonyl (C=O) groups is 4. The Labute approximate surface area is 199 Å². The van der Waals surface area contributed by atoms with Crippen molar-refractivity contribution >= 4 is 45.4 Å². The Morgan fingerprint density at radius 3 is 2.59 bits per heavy atom. The molecule has 174 valence electrons. The van der Waals surface area contributed by atoms with Crippen LogP contribution in [0.3, 0.4) is 0 Å². The van der Waals surface area contributed by atoms with Gasteiger partial charge < -0.3 is 10.1 Å². The second kappa shape index (κ2) is 8.86. The van der Waals surface area contributed by atoms with Crippen LogP contribution in [-0.4, -0.2) is 46.0 Å². The Morgan fingerprint density at radius 2 is 1.79 bits per heavy atom. The quantitative estimate of drug-likeness (QED) is 0.429. The fourth-order valence-electron chi connectivity index (χ4n) is 4.42. The molecule has 0 unspecified atom stereocenters. The van der Waals surface area contributed by atoms with Gasteiger partial charge in [0.05, 0.1) is 15.8 Å². The van der Waals surface area contributed by atoms with Crippen LogP contribution in [0.4, 0.5) is 4.79 Å². The molecule has 10 heteroatoms. The number of urea groups is 1. The number of hydrogen-bond donors (Lipinski definition) is 2. The summed E-state index contributed by atoms with van der Waals surface area (Å²) in [5.74, 6) is -1.95. The molecule has 1 aliphatic carbocycles. The highest BCUT2D eigenvalue weighted by Crippen LogP contribution is 2.34. The molecule has 1 aromatic heterocycles. The number of imide groups is 1. The smallest absolute Gasteiger partial charge is 0.344 e. The Balaban J connectivity index is 1.25. The van der Waals surface area contributed by atoms with Crippen molar-refractivity contribution in [2.45, 2.75) is 37.6 Å². The number of aromatic nitrogens is 1. The Hall–Kier alpha value is -3.79. The van der Waals surface area contributed by atoms with Crippen LogP contribution in [0, 0.1) is 0 Å². The zero-order valence-electron chi connectivity index (χ0n) is 18.2. The monoisotopic (exact) mass is 478 g/mol. The van der Waals surface area contributed by atoms with Crippen molar-refractivity contribution in [1.82, 2.24) is 20.7 Å². The van der Waals surface area contributed by atoms with Gasteiger partial charge in [0, 0.05) is 5.56 Å². The predicted octanol–water partition coefficient (Wildman–Crippen LogP) is 3.41. The van der Waals surface area contributed by atoms with Crippen LogP contribution in [0.1, 0.15) is 42.5 Å². The van der Waals surface area contributed by atoms with Crippen LogP contribution in [-0.2, 0) is 14.3 Å². The minimum Gasteiger partial charge on any atom is -0.452 e. The van der Waals surface area contributed by atoms with E-state index in [1.165, 1.54) is 11.3 Å². The molecule has 34 heavy (non-hydrogen) atoms. The van der Waals surface area contributed by atoms with E-state index in [0.717, 1.165) is 29.5 Å². The van der Waals surface area contributed by atoms with E-state index in [1.54, 1.807) is 24.3 Å². The first-order valence-corrected chi connectivity index (χ1v) is 11.9. The molecule has 0 radical (unpaired) electrons. The molecule has 2 N–H and O–H groups in total. The molecule has 2 heterocycles. The minimum atomic E-state index is -0.949. The number of para-hydroxylation sites is 1. The number of hydrogen-bond acceptors (Lipinski definition) is 7. The number of carbonyl (C=O) groups excluding carboxylic acids is 4. The highest BCUT2D eigenvalue weighted by atomic mass is 32.1. The number of benzene rings is 2. The lowest BCUT2D eigenvalue weighted by Crippen LogP contribution is -2.51. The summed E-state index contributed by atoms with van der Waals surface area (Å²) in [6.45, 7) is -0.642. The van der Waals surface area contributed by atoms with Crippen LogP contribution >= 0.6 is 11.3 Å². The third kappa shape index (κ3) is 4.01. The molecule has 0 atom stereocenters. The van der Waals surface area contributed by atoms with Gasteiger partial charge in [0.1, 0.15) is 10.5 Å². The Bertz CT molecular complexity index is 1260. The molecule has 3 aromatic rings. The van der Waals surface area contributed by atoms with Gasteiger partial charge in [-0.2, -0.15) is 5.01 Å². The second-order valence-electron chi connectivity index (χ2n) is 8.36. The summed E-state index contributed by atoms with van der Waals surface area (Å²) >= 11 is 1.45. The maximum absolute atomic E-state index is 12.8. The fraction of sp³-hybridized carbons (Fsp3) is 0.292. The van der Waals surface area contributed by atoms with E-state index < -0.39 is 36.0 Å². The molecule has 2 aromatic carbocycles. The average molecular weight is 479 g/mol. The average Bonchev–Trinajstić information content (AvgIpc) is 3.38. The predicted molar refractivity (Wildman–Crippen MR) is 125 cm³/mol. The molecule has 1 aliphatic heterocycles. The zero-order chi connectivity index (χ0) is 23.7. The van der Waals surface area contributed by atoms with Gasteiger partial charge in [0.15, 0.2) is 6.61 Å². The van der Waals surface area contributed by atoms with Gasteiger partial charge in [-0.25, -0.2) is 14.6 Å². The number of esters is 1. The first-order valence-electron chi connectivity index (χ1n) is 11.1. The summed E-state index contributed by atoms with van der Waals surface area (Å²) in [7, 11) is 0. The van der Waals surface area contributed by atoms with Crippen molar-refractivity contribution in [3.63, 3.8) is 0 Å². The number of rotatable bonds is 5. The maximum Gasteiger partial charge on any atom is 0.344 e. The minimum absolute atomic E-state index is 0.269. The summed E-state index contributed by atoms with van der Waals surface area (Å²) in [6.07, 6.45) is 3.76. The van der Waals surface area contributed by atoms with E-state index >= 15 is 0 Å². The lowest BCUT2D eigenvalue weighted by atomic mass is 9.82. The second-order valence-corrected chi connectivity index (χ2v) is 9.39. The Morgan fingerprint density at radius 1 is 1.06 bits per heavy atom. The van der Waals surface area contributed by atoms with Gasteiger partial charge in [-0.15, -0.1) is 11.3 Å².